The summed E-state index contributed by atoms with van der Waals surface area (Å²) in [5, 5.41) is 3.21. The van der Waals surface area contributed by atoms with Gasteiger partial charge in [0, 0.05) is 11.0 Å². The first-order chi connectivity index (χ1) is 8.15. The molecule has 0 unspecified atom stereocenters. The van der Waals surface area contributed by atoms with Gasteiger partial charge < -0.3 is 11.1 Å². The number of hydrogen-bond donors (Lipinski definition) is 2. The second-order valence-corrected chi connectivity index (χ2v) is 4.63. The number of nitrogens with two attached hydrogens (primary N) is 1. The Morgan fingerprint density at radius 2 is 1.82 bits per heavy atom. The average Bonchev–Trinajstić information content (AvgIpc) is 2.30. The number of halogens is 2. The highest BCUT2D eigenvalue weighted by molar-refractivity contribution is 9.10. The van der Waals surface area contributed by atoms with Gasteiger partial charge in [0.2, 0.25) is 0 Å². The van der Waals surface area contributed by atoms with E-state index in [1.54, 1.807) is 12.1 Å². The van der Waals surface area contributed by atoms with E-state index in [2.05, 4.69) is 21.2 Å². The summed E-state index contributed by atoms with van der Waals surface area (Å²) in [4.78, 5) is 0. The van der Waals surface area contributed by atoms with Gasteiger partial charge in [-0.25, -0.2) is 4.39 Å². The summed E-state index contributed by atoms with van der Waals surface area (Å²) < 4.78 is 13.7. The third-order valence-electron chi connectivity index (χ3n) is 2.41. The van der Waals surface area contributed by atoms with E-state index in [1.807, 2.05) is 18.2 Å². The van der Waals surface area contributed by atoms with Crippen LogP contribution in [-0.4, -0.2) is 0 Å². The zero-order valence-electron chi connectivity index (χ0n) is 9.08. The van der Waals surface area contributed by atoms with Crippen LogP contribution < -0.4 is 11.1 Å². The molecule has 0 saturated carbocycles. The zero-order chi connectivity index (χ0) is 12.3. The smallest absolute Gasteiger partial charge is 0.123 e. The number of rotatable bonds is 3. The molecule has 2 nitrogen and oxygen atoms in total. The van der Waals surface area contributed by atoms with Crippen LogP contribution in [0.15, 0.2) is 46.9 Å². The highest BCUT2D eigenvalue weighted by atomic mass is 79.9. The predicted octanol–water partition coefficient (Wildman–Crippen LogP) is 3.78. The van der Waals surface area contributed by atoms with Crippen molar-refractivity contribution in [3.05, 3.63) is 58.3 Å². The summed E-state index contributed by atoms with van der Waals surface area (Å²) in [5.41, 5.74) is 8.42. The van der Waals surface area contributed by atoms with Gasteiger partial charge in [-0.2, -0.15) is 0 Å². The number of benzene rings is 2. The van der Waals surface area contributed by atoms with Crippen molar-refractivity contribution in [2.45, 2.75) is 6.54 Å². The minimum absolute atomic E-state index is 0.225. The lowest BCUT2D eigenvalue weighted by atomic mass is 10.2. The first-order valence-electron chi connectivity index (χ1n) is 5.18. The molecule has 0 radical (unpaired) electrons. The Morgan fingerprint density at radius 1 is 1.12 bits per heavy atom. The van der Waals surface area contributed by atoms with Crippen LogP contribution >= 0.6 is 15.9 Å². The lowest BCUT2D eigenvalue weighted by molar-refractivity contribution is 0.627. The molecule has 4 heteroatoms. The molecule has 0 aliphatic heterocycles. The van der Waals surface area contributed by atoms with Crippen molar-refractivity contribution in [1.29, 1.82) is 0 Å². The summed E-state index contributed by atoms with van der Waals surface area (Å²) >= 11 is 3.35. The summed E-state index contributed by atoms with van der Waals surface area (Å²) in [6.45, 7) is 0.617. The van der Waals surface area contributed by atoms with E-state index in [0.717, 1.165) is 15.7 Å². The largest absolute Gasteiger partial charge is 0.397 e. The normalized spacial score (nSPS) is 10.2. The van der Waals surface area contributed by atoms with E-state index >= 15 is 0 Å². The zero-order valence-corrected chi connectivity index (χ0v) is 10.7. The van der Waals surface area contributed by atoms with Crippen molar-refractivity contribution in [3.8, 4) is 0 Å². The lowest BCUT2D eigenvalue weighted by Gasteiger charge is -2.09. The van der Waals surface area contributed by atoms with Gasteiger partial charge in [-0.15, -0.1) is 0 Å². The molecule has 88 valence electrons. The highest BCUT2D eigenvalue weighted by Gasteiger charge is 1.99. The molecule has 0 aromatic heterocycles. The lowest BCUT2D eigenvalue weighted by Crippen LogP contribution is -2.02. The third kappa shape index (κ3) is 3.20. The van der Waals surface area contributed by atoms with Crippen molar-refractivity contribution in [2.24, 2.45) is 0 Å². The Morgan fingerprint density at radius 3 is 2.47 bits per heavy atom. The maximum Gasteiger partial charge on any atom is 0.123 e. The minimum atomic E-state index is -0.225. The molecule has 0 aliphatic rings. The van der Waals surface area contributed by atoms with Crippen molar-refractivity contribution in [1.82, 2.24) is 0 Å². The molecule has 2 aromatic rings. The van der Waals surface area contributed by atoms with Gasteiger partial charge in [0.25, 0.3) is 0 Å². The van der Waals surface area contributed by atoms with E-state index in [9.17, 15) is 4.39 Å². The van der Waals surface area contributed by atoms with Gasteiger partial charge >= 0.3 is 0 Å². The van der Waals surface area contributed by atoms with E-state index < -0.39 is 0 Å². The van der Waals surface area contributed by atoms with E-state index in [-0.39, 0.29) is 5.82 Å². The fourth-order valence-corrected chi connectivity index (χ4v) is 1.87. The molecule has 0 heterocycles. The van der Waals surface area contributed by atoms with Crippen LogP contribution in [0.1, 0.15) is 5.56 Å². The Hall–Kier alpha value is -1.55. The first kappa shape index (κ1) is 11.9. The van der Waals surface area contributed by atoms with Gasteiger partial charge in [-0.3, -0.25) is 0 Å². The van der Waals surface area contributed by atoms with Crippen LogP contribution in [0, 0.1) is 5.82 Å². The molecule has 0 bridgehead atoms. The van der Waals surface area contributed by atoms with Crippen LogP contribution in [-0.2, 0) is 6.54 Å². The van der Waals surface area contributed by atoms with Gasteiger partial charge in [-0.05, 0) is 35.9 Å². The molecule has 0 spiro atoms. The van der Waals surface area contributed by atoms with Crippen LogP contribution in [0.2, 0.25) is 0 Å². The highest BCUT2D eigenvalue weighted by Crippen LogP contribution is 2.23. The van der Waals surface area contributed by atoms with Crippen molar-refractivity contribution in [3.63, 3.8) is 0 Å². The first-order valence-corrected chi connectivity index (χ1v) is 5.98. The number of nitrogens with one attached hydrogen (secondary N) is 1. The molecule has 0 amide bonds. The molecule has 17 heavy (non-hydrogen) atoms. The van der Waals surface area contributed by atoms with Crippen LogP contribution in [0.4, 0.5) is 15.8 Å². The summed E-state index contributed by atoms with van der Waals surface area (Å²) in [7, 11) is 0. The third-order valence-corrected chi connectivity index (χ3v) is 2.90. The molecule has 2 rings (SSSR count). The van der Waals surface area contributed by atoms with Crippen molar-refractivity contribution in [2.75, 3.05) is 11.1 Å². The Labute approximate surface area is 108 Å². The van der Waals surface area contributed by atoms with E-state index in [0.29, 0.717) is 12.2 Å². The topological polar surface area (TPSA) is 38.0 Å². The number of anilines is 2. The van der Waals surface area contributed by atoms with Crippen LogP contribution in [0.5, 0.6) is 0 Å². The number of nitrogen functional groups attached to an aromatic ring is 1. The Kier molecular flexibility index (Phi) is 3.64. The standard InChI is InChI=1S/C13H12BrFN2/c14-10-3-6-13(12(16)7-10)17-8-9-1-4-11(15)5-2-9/h1-7,17H,8,16H2. The second kappa shape index (κ2) is 5.19. The summed E-state index contributed by atoms with van der Waals surface area (Å²) in [5.74, 6) is -0.225. The van der Waals surface area contributed by atoms with E-state index in [4.69, 9.17) is 5.73 Å². The molecular formula is C13H12BrFN2. The molecule has 0 saturated heterocycles. The minimum Gasteiger partial charge on any atom is -0.397 e. The summed E-state index contributed by atoms with van der Waals surface area (Å²) in [6.07, 6.45) is 0. The quantitative estimate of drug-likeness (QED) is 0.846. The second-order valence-electron chi connectivity index (χ2n) is 3.71. The molecule has 0 atom stereocenters. The molecule has 3 N–H and O–H groups in total. The molecule has 0 fully saturated rings. The van der Waals surface area contributed by atoms with Gasteiger partial charge in [0.15, 0.2) is 0 Å². The monoisotopic (exact) mass is 294 g/mol. The molecular weight excluding hydrogens is 283 g/mol. The van der Waals surface area contributed by atoms with Crippen molar-refractivity contribution < 1.29 is 4.39 Å². The Bertz CT molecular complexity index is 511. The van der Waals surface area contributed by atoms with E-state index in [1.165, 1.54) is 12.1 Å². The molecule has 0 aliphatic carbocycles. The van der Waals surface area contributed by atoms with Crippen LogP contribution in [0.3, 0.4) is 0 Å². The van der Waals surface area contributed by atoms with Crippen LogP contribution in [0.25, 0.3) is 0 Å². The fraction of sp³-hybridized carbons (Fsp3) is 0.0769. The Balaban J connectivity index is 2.04. The number of hydrogen-bond acceptors (Lipinski definition) is 2. The SMILES string of the molecule is Nc1cc(Br)ccc1NCc1ccc(F)cc1. The van der Waals surface area contributed by atoms with Gasteiger partial charge in [0.1, 0.15) is 5.82 Å². The molecule has 2 aromatic carbocycles. The maximum atomic E-state index is 12.7. The summed E-state index contributed by atoms with van der Waals surface area (Å²) in [6, 6.07) is 12.1. The van der Waals surface area contributed by atoms with Crippen molar-refractivity contribution >= 4 is 27.3 Å². The maximum absolute atomic E-state index is 12.7. The van der Waals surface area contributed by atoms with Gasteiger partial charge in [0.05, 0.1) is 11.4 Å². The predicted molar refractivity (Wildman–Crippen MR) is 72.3 cm³/mol. The average molecular weight is 295 g/mol. The fourth-order valence-electron chi connectivity index (χ4n) is 1.49. The van der Waals surface area contributed by atoms with Gasteiger partial charge in [-0.1, -0.05) is 28.1 Å².